The minimum absolute atomic E-state index is 0.201. The van der Waals surface area contributed by atoms with Crippen LogP contribution in [-0.4, -0.2) is 67.7 Å². The Labute approximate surface area is 131 Å². The van der Waals surface area contributed by atoms with E-state index in [1.54, 1.807) is 0 Å². The molecule has 0 saturated carbocycles. The molecule has 0 spiro atoms. The Morgan fingerprint density at radius 1 is 1.43 bits per heavy atom. The lowest BCUT2D eigenvalue weighted by atomic mass is 10.3. The van der Waals surface area contributed by atoms with E-state index >= 15 is 0 Å². The van der Waals surface area contributed by atoms with Gasteiger partial charge in [0.05, 0.1) is 32.0 Å². The van der Waals surface area contributed by atoms with Crippen LogP contribution in [0.4, 0.5) is 10.7 Å². The van der Waals surface area contributed by atoms with Gasteiger partial charge in [-0.3, -0.25) is 10.1 Å². The Balaban J connectivity index is 1.54. The highest BCUT2D eigenvalue weighted by atomic mass is 16.6. The van der Waals surface area contributed by atoms with Crippen LogP contribution >= 0.6 is 0 Å². The summed E-state index contributed by atoms with van der Waals surface area (Å²) in [5.74, 6) is -0.170. The normalized spacial score (nSPS) is 22.7. The molecule has 1 N–H and O–H groups in total. The minimum atomic E-state index is -0.636. The van der Waals surface area contributed by atoms with E-state index in [4.69, 9.17) is 13.9 Å². The van der Waals surface area contributed by atoms with Crippen molar-refractivity contribution in [3.8, 4) is 0 Å². The molecule has 2 fully saturated rings. The van der Waals surface area contributed by atoms with Gasteiger partial charge in [0, 0.05) is 0 Å². The van der Waals surface area contributed by atoms with E-state index < -0.39 is 11.0 Å². The standard InChI is InChI=1S/C13H16N4O6/c18-13-16(14-7-10-1-2-12(22-10)17(19)20)9-11(23-13)8-15-3-5-21-6-4-15/h1-2,7,11H,3-6,8-9H2/p+1. The molecule has 3 heterocycles. The van der Waals surface area contributed by atoms with Gasteiger partial charge in [0.15, 0.2) is 11.9 Å². The van der Waals surface area contributed by atoms with Gasteiger partial charge in [-0.2, -0.15) is 10.1 Å². The number of hydrogen-bond acceptors (Lipinski definition) is 7. The van der Waals surface area contributed by atoms with Crippen molar-refractivity contribution in [2.24, 2.45) is 5.10 Å². The number of nitrogens with one attached hydrogen (secondary N) is 1. The van der Waals surface area contributed by atoms with Gasteiger partial charge >= 0.3 is 12.0 Å². The predicted octanol–water partition coefficient (Wildman–Crippen LogP) is -0.742. The predicted molar refractivity (Wildman–Crippen MR) is 76.3 cm³/mol. The summed E-state index contributed by atoms with van der Waals surface area (Å²) in [5.41, 5.74) is 0. The van der Waals surface area contributed by atoms with E-state index in [9.17, 15) is 14.9 Å². The zero-order valence-electron chi connectivity index (χ0n) is 12.3. The fourth-order valence-corrected chi connectivity index (χ4v) is 2.53. The zero-order valence-corrected chi connectivity index (χ0v) is 12.3. The third-order valence-corrected chi connectivity index (χ3v) is 3.69. The monoisotopic (exact) mass is 325 g/mol. The number of ether oxygens (including phenoxy) is 2. The molecule has 0 aromatic carbocycles. The van der Waals surface area contributed by atoms with Crippen LogP contribution in [0.1, 0.15) is 5.76 Å². The van der Waals surface area contributed by atoms with Gasteiger partial charge in [-0.1, -0.05) is 0 Å². The van der Waals surface area contributed by atoms with Crippen molar-refractivity contribution in [1.29, 1.82) is 0 Å². The molecule has 2 aliphatic heterocycles. The molecular formula is C13H17N4O6+. The Bertz CT molecular complexity index is 609. The largest absolute Gasteiger partial charge is 0.437 e. The number of hydrazone groups is 1. The first-order valence-corrected chi connectivity index (χ1v) is 7.29. The van der Waals surface area contributed by atoms with E-state index in [1.807, 2.05) is 0 Å². The fourth-order valence-electron chi connectivity index (χ4n) is 2.53. The molecular weight excluding hydrogens is 308 g/mol. The van der Waals surface area contributed by atoms with Crippen molar-refractivity contribution < 1.29 is 28.5 Å². The highest BCUT2D eigenvalue weighted by Gasteiger charge is 2.34. The number of quaternary nitrogens is 1. The van der Waals surface area contributed by atoms with E-state index in [2.05, 4.69) is 5.10 Å². The average molecular weight is 325 g/mol. The molecule has 1 atom stereocenters. The van der Waals surface area contributed by atoms with Crippen LogP contribution in [0.15, 0.2) is 21.7 Å². The lowest BCUT2D eigenvalue weighted by molar-refractivity contribution is -0.910. The summed E-state index contributed by atoms with van der Waals surface area (Å²) in [6.45, 7) is 4.29. The number of carbonyl (C=O) groups is 1. The molecule has 1 amide bonds. The summed E-state index contributed by atoms with van der Waals surface area (Å²) in [6.07, 6.45) is 0.511. The zero-order chi connectivity index (χ0) is 16.2. The summed E-state index contributed by atoms with van der Waals surface area (Å²) in [4.78, 5) is 23.0. The molecule has 0 bridgehead atoms. The van der Waals surface area contributed by atoms with Gasteiger partial charge in [-0.25, -0.2) is 4.79 Å². The second-order valence-electron chi connectivity index (χ2n) is 5.33. The van der Waals surface area contributed by atoms with Crippen molar-refractivity contribution in [3.05, 3.63) is 28.0 Å². The number of nitrogens with zero attached hydrogens (tertiary/aromatic N) is 3. The summed E-state index contributed by atoms with van der Waals surface area (Å²) in [5, 5.41) is 15.7. The second kappa shape index (κ2) is 6.75. The van der Waals surface area contributed by atoms with Crippen LogP contribution in [0.3, 0.4) is 0 Å². The first-order chi connectivity index (χ1) is 11.1. The number of hydrogen-bond donors (Lipinski definition) is 1. The Kier molecular flexibility index (Phi) is 4.53. The highest BCUT2D eigenvalue weighted by Crippen LogP contribution is 2.15. The smallest absolute Gasteiger partial charge is 0.433 e. The van der Waals surface area contributed by atoms with E-state index in [0.29, 0.717) is 13.1 Å². The molecule has 10 nitrogen and oxygen atoms in total. The van der Waals surface area contributed by atoms with Crippen LogP contribution in [0.5, 0.6) is 0 Å². The maximum atomic E-state index is 11.8. The maximum absolute atomic E-state index is 11.8. The van der Waals surface area contributed by atoms with Crippen LogP contribution in [0.2, 0.25) is 0 Å². The van der Waals surface area contributed by atoms with Gasteiger partial charge in [-0.15, -0.1) is 0 Å². The minimum Gasteiger partial charge on any atom is -0.437 e. The number of nitro groups is 1. The maximum Gasteiger partial charge on any atom is 0.433 e. The molecule has 2 saturated heterocycles. The van der Waals surface area contributed by atoms with Crippen molar-refractivity contribution >= 4 is 18.2 Å². The molecule has 3 rings (SSSR count). The van der Waals surface area contributed by atoms with Gasteiger partial charge in [-0.05, 0) is 6.07 Å². The summed E-state index contributed by atoms with van der Waals surface area (Å²) in [7, 11) is 0. The molecule has 10 heteroatoms. The molecule has 2 aliphatic rings. The topological polar surface area (TPSA) is 112 Å². The van der Waals surface area contributed by atoms with Crippen LogP contribution in [0.25, 0.3) is 0 Å². The number of amides is 1. The third kappa shape index (κ3) is 3.85. The van der Waals surface area contributed by atoms with Crippen LogP contribution in [-0.2, 0) is 9.47 Å². The Hall–Kier alpha value is -2.46. The van der Waals surface area contributed by atoms with Crippen molar-refractivity contribution in [1.82, 2.24) is 5.01 Å². The van der Waals surface area contributed by atoms with E-state index in [-0.39, 0.29) is 17.7 Å². The number of carbonyl (C=O) groups excluding carboxylic acids is 1. The average Bonchev–Trinajstić information content (AvgIpc) is 3.13. The van der Waals surface area contributed by atoms with Gasteiger partial charge in [0.1, 0.15) is 24.6 Å². The molecule has 1 aromatic rings. The summed E-state index contributed by atoms with van der Waals surface area (Å²) in [6, 6.07) is 2.65. The number of morpholine rings is 1. The molecule has 1 unspecified atom stereocenters. The number of cyclic esters (lactones) is 1. The van der Waals surface area contributed by atoms with Gasteiger partial charge < -0.3 is 18.8 Å². The fraction of sp³-hybridized carbons (Fsp3) is 0.538. The first kappa shape index (κ1) is 15.4. The van der Waals surface area contributed by atoms with Crippen molar-refractivity contribution in [3.63, 3.8) is 0 Å². The van der Waals surface area contributed by atoms with Crippen molar-refractivity contribution in [2.75, 3.05) is 39.4 Å². The lowest BCUT2D eigenvalue weighted by Crippen LogP contribution is -3.15. The van der Waals surface area contributed by atoms with E-state index in [0.717, 1.165) is 26.3 Å². The number of furan rings is 1. The van der Waals surface area contributed by atoms with E-state index in [1.165, 1.54) is 28.3 Å². The molecule has 1 aromatic heterocycles. The number of rotatable bonds is 5. The molecule has 0 aliphatic carbocycles. The highest BCUT2D eigenvalue weighted by molar-refractivity contribution is 5.78. The lowest BCUT2D eigenvalue weighted by Gasteiger charge is -2.25. The molecule has 124 valence electrons. The first-order valence-electron chi connectivity index (χ1n) is 7.29. The van der Waals surface area contributed by atoms with Gasteiger partial charge in [0.25, 0.3) is 0 Å². The Morgan fingerprint density at radius 2 is 2.22 bits per heavy atom. The van der Waals surface area contributed by atoms with Gasteiger partial charge in [0.2, 0.25) is 0 Å². The third-order valence-electron chi connectivity index (χ3n) is 3.69. The second-order valence-corrected chi connectivity index (χ2v) is 5.33. The van der Waals surface area contributed by atoms with Crippen LogP contribution in [0, 0.1) is 10.1 Å². The van der Waals surface area contributed by atoms with Crippen molar-refractivity contribution in [2.45, 2.75) is 6.10 Å². The molecule has 23 heavy (non-hydrogen) atoms. The quantitative estimate of drug-likeness (QED) is 0.433. The SMILES string of the molecule is O=C1OC(C[NH+]2CCOCC2)CN1N=Cc1ccc([N+](=O)[O-])o1. The summed E-state index contributed by atoms with van der Waals surface area (Å²) < 4.78 is 15.5. The van der Waals surface area contributed by atoms with Crippen LogP contribution < -0.4 is 4.90 Å². The summed E-state index contributed by atoms with van der Waals surface area (Å²) >= 11 is 0. The molecule has 0 radical (unpaired) electrons. The Morgan fingerprint density at radius 3 is 2.91 bits per heavy atom.